The van der Waals surface area contributed by atoms with E-state index in [-0.39, 0.29) is 23.8 Å². The Balaban J connectivity index is 1.33. The van der Waals surface area contributed by atoms with Crippen molar-refractivity contribution in [1.82, 2.24) is 4.90 Å². The molecule has 0 atom stereocenters. The number of hydrogen-bond acceptors (Lipinski definition) is 6. The molecule has 6 nitrogen and oxygen atoms in total. The quantitative estimate of drug-likeness (QED) is 0.122. The predicted octanol–water partition coefficient (Wildman–Crippen LogP) is 7.59. The maximum atomic E-state index is 13.1. The molecule has 5 rings (SSSR count). The maximum Gasteiger partial charge on any atom is 0.344 e. The van der Waals surface area contributed by atoms with E-state index in [2.05, 4.69) is 15.9 Å². The normalized spacial score (nSPS) is 14.4. The fraction of sp³-hybridized carbons (Fsp3) is 0.0690. The van der Waals surface area contributed by atoms with Gasteiger partial charge in [0.1, 0.15) is 18.1 Å². The molecule has 1 saturated heterocycles. The summed E-state index contributed by atoms with van der Waals surface area (Å²) in [5, 5.41) is 1.89. The number of imide groups is 1. The van der Waals surface area contributed by atoms with Crippen molar-refractivity contribution in [3.05, 3.63) is 110 Å². The molecule has 1 aliphatic heterocycles. The number of ether oxygens (including phenoxy) is 2. The second-order valence-electron chi connectivity index (χ2n) is 8.23. The highest BCUT2D eigenvalue weighted by atomic mass is 79.9. The number of benzene rings is 4. The number of esters is 1. The van der Waals surface area contributed by atoms with E-state index in [1.54, 1.807) is 60.7 Å². The molecule has 1 aliphatic rings. The first-order chi connectivity index (χ1) is 18.4. The van der Waals surface area contributed by atoms with Crippen LogP contribution < -0.4 is 9.47 Å². The molecule has 4 aromatic rings. The maximum absolute atomic E-state index is 13.1. The molecule has 0 radical (unpaired) electrons. The molecular weight excluding hydrogens is 590 g/mol. The van der Waals surface area contributed by atoms with Crippen LogP contribution in [0.3, 0.4) is 0 Å². The Hall–Kier alpha value is -3.59. The average molecular weight is 609 g/mol. The van der Waals surface area contributed by atoms with Gasteiger partial charge in [0, 0.05) is 15.1 Å². The minimum atomic E-state index is -0.522. The van der Waals surface area contributed by atoms with Crippen molar-refractivity contribution >= 4 is 73.3 Å². The number of thioether (sulfide) groups is 1. The zero-order valence-corrected chi connectivity index (χ0v) is 22.9. The van der Waals surface area contributed by atoms with E-state index in [4.69, 9.17) is 21.1 Å². The third-order valence-electron chi connectivity index (χ3n) is 5.74. The van der Waals surface area contributed by atoms with Gasteiger partial charge in [0.05, 0.1) is 17.0 Å². The van der Waals surface area contributed by atoms with E-state index in [1.807, 2.05) is 30.3 Å². The molecule has 0 bridgehead atoms. The molecule has 0 spiro atoms. The summed E-state index contributed by atoms with van der Waals surface area (Å²) in [6.45, 7) is 0.226. The summed E-state index contributed by atoms with van der Waals surface area (Å²) in [7, 11) is 0. The zero-order valence-electron chi connectivity index (χ0n) is 19.7. The summed E-state index contributed by atoms with van der Waals surface area (Å²) in [5.41, 5.74) is 0.911. The van der Waals surface area contributed by atoms with Crippen LogP contribution in [0.2, 0.25) is 5.02 Å². The number of carbonyl (C=O) groups excluding carboxylic acids is 3. The number of halogens is 2. The molecule has 0 aliphatic carbocycles. The molecule has 4 aromatic carbocycles. The second-order valence-corrected chi connectivity index (χ2v) is 10.6. The Bertz CT molecular complexity index is 1580. The monoisotopic (exact) mass is 607 g/mol. The summed E-state index contributed by atoms with van der Waals surface area (Å²) >= 11 is 10.1. The first-order valence-electron chi connectivity index (χ1n) is 11.5. The van der Waals surface area contributed by atoms with Gasteiger partial charge in [0.25, 0.3) is 11.1 Å². The molecule has 1 fully saturated rings. The van der Waals surface area contributed by atoms with E-state index < -0.39 is 17.1 Å². The van der Waals surface area contributed by atoms with E-state index in [0.717, 1.165) is 31.9 Å². The van der Waals surface area contributed by atoms with E-state index in [1.165, 1.54) is 0 Å². The van der Waals surface area contributed by atoms with Gasteiger partial charge in [-0.2, -0.15) is 0 Å². The topological polar surface area (TPSA) is 72.9 Å². The first-order valence-corrected chi connectivity index (χ1v) is 13.5. The number of amides is 2. The van der Waals surface area contributed by atoms with Crippen LogP contribution in [0, 0.1) is 0 Å². The summed E-state index contributed by atoms with van der Waals surface area (Å²) in [5.74, 6) is -0.107. The van der Waals surface area contributed by atoms with Gasteiger partial charge in [-0.05, 0) is 77.1 Å². The Morgan fingerprint density at radius 2 is 1.74 bits per heavy atom. The van der Waals surface area contributed by atoms with Crippen molar-refractivity contribution < 1.29 is 23.9 Å². The molecule has 0 aromatic heterocycles. The summed E-state index contributed by atoms with van der Waals surface area (Å²) in [4.78, 5) is 40.1. The van der Waals surface area contributed by atoms with Gasteiger partial charge in [0.15, 0.2) is 0 Å². The number of carbonyl (C=O) groups is 3. The predicted molar refractivity (Wildman–Crippen MR) is 153 cm³/mol. The van der Waals surface area contributed by atoms with Crippen LogP contribution in [-0.4, -0.2) is 35.2 Å². The lowest BCUT2D eigenvalue weighted by Gasteiger charge is -2.13. The van der Waals surface area contributed by atoms with Gasteiger partial charge in [-0.15, -0.1) is 0 Å². The van der Waals surface area contributed by atoms with Gasteiger partial charge >= 0.3 is 5.97 Å². The third kappa shape index (κ3) is 5.78. The highest BCUT2D eigenvalue weighted by molar-refractivity contribution is 9.10. The molecule has 38 heavy (non-hydrogen) atoms. The van der Waals surface area contributed by atoms with Crippen molar-refractivity contribution in [3.8, 4) is 11.5 Å². The van der Waals surface area contributed by atoms with Gasteiger partial charge in [-0.1, -0.05) is 63.9 Å². The highest BCUT2D eigenvalue weighted by Crippen LogP contribution is 2.35. The van der Waals surface area contributed by atoms with Gasteiger partial charge in [-0.25, -0.2) is 4.79 Å². The Morgan fingerprint density at radius 1 is 0.974 bits per heavy atom. The molecule has 2 amide bonds. The van der Waals surface area contributed by atoms with Crippen LogP contribution in [0.5, 0.6) is 11.5 Å². The first kappa shape index (κ1) is 26.0. The van der Waals surface area contributed by atoms with Crippen molar-refractivity contribution in [2.75, 3.05) is 13.2 Å². The van der Waals surface area contributed by atoms with Crippen molar-refractivity contribution in [3.63, 3.8) is 0 Å². The number of hydrogen-bond donors (Lipinski definition) is 0. The fourth-order valence-corrected chi connectivity index (χ4v) is 5.26. The molecule has 190 valence electrons. The van der Waals surface area contributed by atoms with Crippen molar-refractivity contribution in [2.45, 2.75) is 0 Å². The Labute approximate surface area is 236 Å². The van der Waals surface area contributed by atoms with Crippen LogP contribution >= 0.6 is 39.3 Å². The lowest BCUT2D eigenvalue weighted by Crippen LogP contribution is -2.32. The van der Waals surface area contributed by atoms with Gasteiger partial charge in [-0.3, -0.25) is 14.5 Å². The SMILES string of the molecule is O=C(Oc1ccc(Br)cc1/C=C1\SC(=O)N(CCOc2ccc(Cl)cc2)C1=O)c1cccc2ccccc12. The van der Waals surface area contributed by atoms with E-state index in [9.17, 15) is 14.4 Å². The van der Waals surface area contributed by atoms with Crippen molar-refractivity contribution in [1.29, 1.82) is 0 Å². The van der Waals surface area contributed by atoms with Crippen LogP contribution in [0.1, 0.15) is 15.9 Å². The number of fused-ring (bicyclic) bond motifs is 1. The smallest absolute Gasteiger partial charge is 0.344 e. The summed E-state index contributed by atoms with van der Waals surface area (Å²) in [6, 6.07) is 24.9. The minimum Gasteiger partial charge on any atom is -0.492 e. The summed E-state index contributed by atoms with van der Waals surface area (Å²) in [6.07, 6.45) is 1.56. The largest absolute Gasteiger partial charge is 0.492 e. The van der Waals surface area contributed by atoms with Crippen molar-refractivity contribution in [2.24, 2.45) is 0 Å². The minimum absolute atomic E-state index is 0.0893. The van der Waals surface area contributed by atoms with E-state index >= 15 is 0 Å². The third-order valence-corrected chi connectivity index (χ3v) is 7.39. The second kappa shape index (κ2) is 11.4. The zero-order chi connectivity index (χ0) is 26.6. The Kier molecular flexibility index (Phi) is 7.83. The van der Waals surface area contributed by atoms with Crippen LogP contribution in [0.25, 0.3) is 16.8 Å². The summed E-state index contributed by atoms with van der Waals surface area (Å²) < 4.78 is 12.1. The molecule has 0 N–H and O–H groups in total. The van der Waals surface area contributed by atoms with Crippen LogP contribution in [-0.2, 0) is 4.79 Å². The van der Waals surface area contributed by atoms with Crippen LogP contribution in [0.4, 0.5) is 4.79 Å². The molecule has 9 heteroatoms. The number of nitrogens with zero attached hydrogens (tertiary/aromatic N) is 1. The number of rotatable bonds is 7. The molecular formula is C29H19BrClNO5S. The highest BCUT2D eigenvalue weighted by Gasteiger charge is 2.35. The average Bonchev–Trinajstić information content (AvgIpc) is 3.18. The molecule has 0 unspecified atom stereocenters. The van der Waals surface area contributed by atoms with Gasteiger partial charge < -0.3 is 9.47 Å². The van der Waals surface area contributed by atoms with Crippen LogP contribution in [0.15, 0.2) is 94.3 Å². The van der Waals surface area contributed by atoms with Gasteiger partial charge in [0.2, 0.25) is 0 Å². The lowest BCUT2D eigenvalue weighted by molar-refractivity contribution is -0.123. The Morgan fingerprint density at radius 3 is 2.55 bits per heavy atom. The molecule has 0 saturated carbocycles. The molecule has 1 heterocycles. The lowest BCUT2D eigenvalue weighted by atomic mass is 10.0. The van der Waals surface area contributed by atoms with E-state index in [0.29, 0.717) is 21.9 Å². The fourth-order valence-electron chi connectivity index (χ4n) is 3.90. The standard InChI is InChI=1S/C29H19BrClNO5S/c30-20-8-13-25(37-28(34)24-7-3-5-18-4-1-2-6-23(18)24)19(16-20)17-26-27(33)32(29(35)38-26)14-15-36-22-11-9-21(31)10-12-22/h1-13,16-17H,14-15H2/b26-17-.